The summed E-state index contributed by atoms with van der Waals surface area (Å²) in [5.74, 6) is 0. The second kappa shape index (κ2) is 6.91. The lowest BCUT2D eigenvalue weighted by Crippen LogP contribution is -2.45. The molecule has 128 valence electrons. The van der Waals surface area contributed by atoms with Crippen molar-refractivity contribution in [2.24, 2.45) is 0 Å². The van der Waals surface area contributed by atoms with Crippen LogP contribution in [0, 0.1) is 0 Å². The van der Waals surface area contributed by atoms with Crippen LogP contribution in [0.2, 0.25) is 0 Å². The third-order valence-electron chi connectivity index (χ3n) is 4.20. The fourth-order valence-electron chi connectivity index (χ4n) is 2.78. The van der Waals surface area contributed by atoms with Gasteiger partial charge in [-0.05, 0) is 36.0 Å². The van der Waals surface area contributed by atoms with Gasteiger partial charge in [-0.25, -0.2) is 17.9 Å². The molecule has 2 rings (SSSR count). The number of hydrogen-bond acceptors (Lipinski definition) is 3. The molecule has 23 heavy (non-hydrogen) atoms. The number of carbonyl (C=O) groups excluding carboxylic acids is 1. The highest BCUT2D eigenvalue weighted by Gasteiger charge is 2.22. The first kappa shape index (κ1) is 17.8. The van der Waals surface area contributed by atoms with E-state index in [1.54, 1.807) is 12.1 Å². The minimum atomic E-state index is -3.83. The van der Waals surface area contributed by atoms with Crippen LogP contribution in [0.4, 0.5) is 4.79 Å². The Kier molecular flexibility index (Phi) is 5.34. The van der Waals surface area contributed by atoms with Gasteiger partial charge >= 0.3 is 6.03 Å². The summed E-state index contributed by atoms with van der Waals surface area (Å²) >= 11 is 0. The Morgan fingerprint density at radius 1 is 1.04 bits per heavy atom. The summed E-state index contributed by atoms with van der Waals surface area (Å²) < 4.78 is 26.6. The van der Waals surface area contributed by atoms with Crippen LogP contribution in [0.1, 0.15) is 58.4 Å². The average Bonchev–Trinajstić information content (AvgIpc) is 2.47. The molecular weight excluding hydrogens is 312 g/mol. The molecule has 1 aromatic carbocycles. The van der Waals surface area contributed by atoms with E-state index in [4.69, 9.17) is 0 Å². The lowest BCUT2D eigenvalue weighted by Gasteiger charge is -2.23. The van der Waals surface area contributed by atoms with Crippen LogP contribution in [0.3, 0.4) is 0 Å². The van der Waals surface area contributed by atoms with Crippen LogP contribution in [0.5, 0.6) is 0 Å². The minimum Gasteiger partial charge on any atom is -0.335 e. The maximum Gasteiger partial charge on any atom is 0.328 e. The molecule has 2 N–H and O–H groups in total. The lowest BCUT2D eigenvalue weighted by atomic mass is 9.87. The zero-order valence-electron chi connectivity index (χ0n) is 14.1. The second-order valence-corrected chi connectivity index (χ2v) is 8.87. The summed E-state index contributed by atoms with van der Waals surface area (Å²) in [5.41, 5.74) is 0.997. The zero-order chi connectivity index (χ0) is 17.1. The largest absolute Gasteiger partial charge is 0.335 e. The predicted octanol–water partition coefficient (Wildman–Crippen LogP) is 3.30. The van der Waals surface area contributed by atoms with E-state index in [2.05, 4.69) is 30.8 Å². The first-order chi connectivity index (χ1) is 10.7. The van der Waals surface area contributed by atoms with Gasteiger partial charge in [-0.15, -0.1) is 0 Å². The predicted molar refractivity (Wildman–Crippen MR) is 90.9 cm³/mol. The van der Waals surface area contributed by atoms with Crippen molar-refractivity contribution in [1.29, 1.82) is 0 Å². The van der Waals surface area contributed by atoms with Crippen molar-refractivity contribution in [3.63, 3.8) is 0 Å². The molecule has 5 nitrogen and oxygen atoms in total. The first-order valence-corrected chi connectivity index (χ1v) is 9.61. The molecule has 0 aliphatic heterocycles. The molecule has 0 atom stereocenters. The topological polar surface area (TPSA) is 75.3 Å². The Bertz CT molecular complexity index is 639. The van der Waals surface area contributed by atoms with Crippen molar-refractivity contribution in [2.75, 3.05) is 0 Å². The van der Waals surface area contributed by atoms with Crippen molar-refractivity contribution in [1.82, 2.24) is 10.0 Å². The van der Waals surface area contributed by atoms with E-state index in [0.29, 0.717) is 0 Å². The van der Waals surface area contributed by atoms with Gasteiger partial charge in [0.05, 0.1) is 4.90 Å². The molecule has 2 amide bonds. The van der Waals surface area contributed by atoms with Gasteiger partial charge in [-0.1, -0.05) is 52.2 Å². The van der Waals surface area contributed by atoms with Crippen LogP contribution in [-0.4, -0.2) is 20.5 Å². The van der Waals surface area contributed by atoms with Crippen LogP contribution in [0.15, 0.2) is 29.2 Å². The Morgan fingerprint density at radius 2 is 1.61 bits per heavy atom. The Morgan fingerprint density at radius 3 is 2.13 bits per heavy atom. The van der Waals surface area contributed by atoms with Crippen molar-refractivity contribution >= 4 is 16.1 Å². The number of amides is 2. The number of carbonyl (C=O) groups is 1. The van der Waals surface area contributed by atoms with Gasteiger partial charge in [0, 0.05) is 6.04 Å². The minimum absolute atomic E-state index is 0.0475. The summed E-state index contributed by atoms with van der Waals surface area (Å²) in [5, 5.41) is 2.75. The van der Waals surface area contributed by atoms with Crippen molar-refractivity contribution in [2.45, 2.75) is 69.2 Å². The second-order valence-electron chi connectivity index (χ2n) is 7.19. The standard InChI is InChI=1S/C17H26N2O3S/c1-17(2,3)13-9-11-15(12-10-13)23(21,22)19-16(20)18-14-7-5-4-6-8-14/h9-12,14H,4-8H2,1-3H3,(H2,18,19,20). The molecule has 1 aliphatic carbocycles. The molecule has 0 heterocycles. The number of hydrogen-bond donors (Lipinski definition) is 2. The van der Waals surface area contributed by atoms with Gasteiger partial charge in [0.15, 0.2) is 0 Å². The maximum absolute atomic E-state index is 12.3. The molecule has 0 spiro atoms. The molecular formula is C17H26N2O3S. The SMILES string of the molecule is CC(C)(C)c1ccc(S(=O)(=O)NC(=O)NC2CCCCC2)cc1. The number of rotatable bonds is 3. The van der Waals surface area contributed by atoms with Crippen LogP contribution >= 0.6 is 0 Å². The molecule has 0 aromatic heterocycles. The third kappa shape index (κ3) is 4.96. The molecule has 6 heteroatoms. The third-order valence-corrected chi connectivity index (χ3v) is 5.54. The molecule has 1 saturated carbocycles. The smallest absolute Gasteiger partial charge is 0.328 e. The molecule has 0 radical (unpaired) electrons. The van der Waals surface area contributed by atoms with E-state index in [0.717, 1.165) is 31.2 Å². The molecule has 1 aromatic rings. The normalized spacial score (nSPS) is 16.8. The highest BCUT2D eigenvalue weighted by Crippen LogP contribution is 2.23. The fourth-order valence-corrected chi connectivity index (χ4v) is 3.69. The molecule has 1 aliphatic rings. The first-order valence-electron chi connectivity index (χ1n) is 8.12. The molecule has 0 saturated heterocycles. The van der Waals surface area contributed by atoms with Crippen LogP contribution in [0.25, 0.3) is 0 Å². The molecule has 0 unspecified atom stereocenters. The van der Waals surface area contributed by atoms with Crippen molar-refractivity contribution < 1.29 is 13.2 Å². The Balaban J connectivity index is 2.01. The van der Waals surface area contributed by atoms with Crippen LogP contribution in [-0.2, 0) is 15.4 Å². The lowest BCUT2D eigenvalue weighted by molar-refractivity contribution is 0.237. The van der Waals surface area contributed by atoms with E-state index >= 15 is 0 Å². The highest BCUT2D eigenvalue weighted by atomic mass is 32.2. The van der Waals surface area contributed by atoms with Gasteiger partial charge in [0.2, 0.25) is 0 Å². The Hall–Kier alpha value is -1.56. The molecule has 1 fully saturated rings. The number of sulfonamides is 1. The summed E-state index contributed by atoms with van der Waals surface area (Å²) in [4.78, 5) is 12.0. The number of benzene rings is 1. The number of urea groups is 1. The van der Waals surface area contributed by atoms with Crippen molar-refractivity contribution in [3.05, 3.63) is 29.8 Å². The summed E-state index contributed by atoms with van der Waals surface area (Å²) in [7, 11) is -3.83. The maximum atomic E-state index is 12.3. The van der Waals surface area contributed by atoms with E-state index < -0.39 is 16.1 Å². The fraction of sp³-hybridized carbons (Fsp3) is 0.588. The Labute approximate surface area is 138 Å². The van der Waals surface area contributed by atoms with E-state index in [1.165, 1.54) is 18.6 Å². The monoisotopic (exact) mass is 338 g/mol. The van der Waals surface area contributed by atoms with Gasteiger partial charge in [-0.3, -0.25) is 0 Å². The zero-order valence-corrected chi connectivity index (χ0v) is 14.9. The van der Waals surface area contributed by atoms with Crippen LogP contribution < -0.4 is 10.0 Å². The van der Waals surface area contributed by atoms with Gasteiger partial charge in [0.1, 0.15) is 0 Å². The highest BCUT2D eigenvalue weighted by molar-refractivity contribution is 7.90. The molecule has 0 bridgehead atoms. The van der Waals surface area contributed by atoms with E-state index in [9.17, 15) is 13.2 Å². The summed E-state index contributed by atoms with van der Waals surface area (Å²) in [6.07, 6.45) is 5.15. The van der Waals surface area contributed by atoms with Gasteiger partial charge < -0.3 is 5.32 Å². The summed E-state index contributed by atoms with van der Waals surface area (Å²) in [6, 6.07) is 6.08. The summed E-state index contributed by atoms with van der Waals surface area (Å²) in [6.45, 7) is 6.19. The quantitative estimate of drug-likeness (QED) is 0.888. The van der Waals surface area contributed by atoms with Crippen molar-refractivity contribution in [3.8, 4) is 0 Å². The van der Waals surface area contributed by atoms with Gasteiger partial charge in [-0.2, -0.15) is 0 Å². The van der Waals surface area contributed by atoms with E-state index in [-0.39, 0.29) is 16.4 Å². The van der Waals surface area contributed by atoms with E-state index in [1.807, 2.05) is 0 Å². The average molecular weight is 338 g/mol. The number of nitrogens with one attached hydrogen (secondary N) is 2. The van der Waals surface area contributed by atoms with Gasteiger partial charge in [0.25, 0.3) is 10.0 Å².